The van der Waals surface area contributed by atoms with Crippen LogP contribution in [0.4, 0.5) is 16.2 Å². The molecule has 0 aromatic heterocycles. The Morgan fingerprint density at radius 1 is 0.850 bits per heavy atom. The SMILES string of the molecule is O=C(Nc1cc(Br)cc(Br)c1)Nc1ccc(Cl)c(Cl)c1. The lowest BCUT2D eigenvalue weighted by Crippen LogP contribution is -2.19. The molecule has 0 bridgehead atoms. The first-order valence-corrected chi connectivity index (χ1v) is 7.77. The normalized spacial score (nSPS) is 10.2. The van der Waals surface area contributed by atoms with Crippen molar-refractivity contribution >= 4 is 72.5 Å². The maximum atomic E-state index is 11.9. The Kier molecular flexibility index (Phi) is 5.32. The van der Waals surface area contributed by atoms with Gasteiger partial charge in [0.15, 0.2) is 0 Å². The predicted molar refractivity (Wildman–Crippen MR) is 90.9 cm³/mol. The second-order valence-electron chi connectivity index (χ2n) is 3.87. The molecule has 2 N–H and O–H groups in total. The zero-order chi connectivity index (χ0) is 14.7. The summed E-state index contributed by atoms with van der Waals surface area (Å²) in [5, 5.41) is 6.22. The van der Waals surface area contributed by atoms with Crippen molar-refractivity contribution in [2.75, 3.05) is 10.6 Å². The van der Waals surface area contributed by atoms with Gasteiger partial charge >= 0.3 is 6.03 Å². The van der Waals surface area contributed by atoms with E-state index in [0.717, 1.165) is 8.95 Å². The highest BCUT2D eigenvalue weighted by atomic mass is 79.9. The molecule has 0 aliphatic carbocycles. The molecule has 0 aliphatic heterocycles. The molecular formula is C13H8Br2Cl2N2O. The number of nitrogens with one attached hydrogen (secondary N) is 2. The third kappa shape index (κ3) is 4.38. The second-order valence-corrected chi connectivity index (χ2v) is 6.51. The Morgan fingerprint density at radius 2 is 1.45 bits per heavy atom. The van der Waals surface area contributed by atoms with E-state index >= 15 is 0 Å². The monoisotopic (exact) mass is 436 g/mol. The summed E-state index contributed by atoms with van der Waals surface area (Å²) in [6, 6.07) is 9.97. The van der Waals surface area contributed by atoms with Crippen LogP contribution in [0.1, 0.15) is 0 Å². The fourth-order valence-electron chi connectivity index (χ4n) is 1.49. The van der Waals surface area contributed by atoms with Crippen LogP contribution in [0.25, 0.3) is 0 Å². The Hall–Kier alpha value is -0.750. The highest BCUT2D eigenvalue weighted by molar-refractivity contribution is 9.11. The van der Waals surface area contributed by atoms with Crippen molar-refractivity contribution < 1.29 is 4.79 Å². The molecule has 0 aliphatic rings. The van der Waals surface area contributed by atoms with E-state index in [1.54, 1.807) is 30.3 Å². The maximum Gasteiger partial charge on any atom is 0.323 e. The lowest BCUT2D eigenvalue weighted by molar-refractivity contribution is 0.262. The molecule has 3 nitrogen and oxygen atoms in total. The summed E-state index contributed by atoms with van der Waals surface area (Å²) in [6.45, 7) is 0. The van der Waals surface area contributed by atoms with Crippen molar-refractivity contribution in [3.8, 4) is 0 Å². The Morgan fingerprint density at radius 3 is 2.05 bits per heavy atom. The average Bonchev–Trinajstić information content (AvgIpc) is 2.32. The van der Waals surface area contributed by atoms with Crippen LogP contribution in [0, 0.1) is 0 Å². The Bertz CT molecular complexity index is 645. The molecule has 2 rings (SSSR count). The second kappa shape index (κ2) is 6.80. The van der Waals surface area contributed by atoms with Crippen molar-refractivity contribution in [1.29, 1.82) is 0 Å². The van der Waals surface area contributed by atoms with E-state index in [4.69, 9.17) is 23.2 Å². The van der Waals surface area contributed by atoms with Gasteiger partial charge in [0.1, 0.15) is 0 Å². The van der Waals surface area contributed by atoms with Crippen molar-refractivity contribution in [3.63, 3.8) is 0 Å². The van der Waals surface area contributed by atoms with Crippen molar-refractivity contribution in [2.45, 2.75) is 0 Å². The van der Waals surface area contributed by atoms with E-state index in [-0.39, 0.29) is 6.03 Å². The highest BCUT2D eigenvalue weighted by Gasteiger charge is 2.06. The summed E-state index contributed by atoms with van der Waals surface area (Å²) in [4.78, 5) is 11.9. The van der Waals surface area contributed by atoms with Gasteiger partial charge in [0.05, 0.1) is 10.0 Å². The molecule has 0 saturated carbocycles. The molecule has 2 aromatic rings. The van der Waals surface area contributed by atoms with E-state index in [1.165, 1.54) is 0 Å². The predicted octanol–water partition coefficient (Wildman–Crippen LogP) is 6.16. The fraction of sp³-hybridized carbons (Fsp3) is 0. The Balaban J connectivity index is 2.06. The van der Waals surface area contributed by atoms with Crippen LogP contribution < -0.4 is 10.6 Å². The molecule has 0 fully saturated rings. The zero-order valence-corrected chi connectivity index (χ0v) is 14.6. The first-order chi connectivity index (χ1) is 9.44. The number of anilines is 2. The number of benzene rings is 2. The lowest BCUT2D eigenvalue weighted by atomic mass is 10.3. The topological polar surface area (TPSA) is 41.1 Å². The minimum absolute atomic E-state index is 0.367. The van der Waals surface area contributed by atoms with Crippen LogP contribution in [-0.4, -0.2) is 6.03 Å². The summed E-state index contributed by atoms with van der Waals surface area (Å²) in [7, 11) is 0. The minimum Gasteiger partial charge on any atom is -0.308 e. The molecule has 0 atom stereocenters. The molecule has 104 valence electrons. The van der Waals surface area contributed by atoms with E-state index in [1.807, 2.05) is 6.07 Å². The number of halogens is 4. The summed E-state index contributed by atoms with van der Waals surface area (Å²) in [5.41, 5.74) is 1.22. The fourth-order valence-corrected chi connectivity index (χ4v) is 3.09. The summed E-state index contributed by atoms with van der Waals surface area (Å²) >= 11 is 18.4. The van der Waals surface area contributed by atoms with Gasteiger partial charge in [0.2, 0.25) is 0 Å². The van der Waals surface area contributed by atoms with Crippen LogP contribution in [0.2, 0.25) is 10.0 Å². The van der Waals surface area contributed by atoms with Crippen molar-refractivity contribution in [2.24, 2.45) is 0 Å². The Labute approximate surface area is 142 Å². The van der Waals surface area contributed by atoms with Gasteiger partial charge in [0.25, 0.3) is 0 Å². The molecule has 2 amide bonds. The quantitative estimate of drug-likeness (QED) is 0.579. The largest absolute Gasteiger partial charge is 0.323 e. The molecular weight excluding hydrogens is 431 g/mol. The van der Waals surface area contributed by atoms with E-state index in [0.29, 0.717) is 21.4 Å². The van der Waals surface area contributed by atoms with Gasteiger partial charge in [-0.3, -0.25) is 0 Å². The first-order valence-electron chi connectivity index (χ1n) is 5.43. The molecule has 0 radical (unpaired) electrons. The number of rotatable bonds is 2. The van der Waals surface area contributed by atoms with E-state index in [9.17, 15) is 4.79 Å². The van der Waals surface area contributed by atoms with Crippen LogP contribution in [-0.2, 0) is 0 Å². The molecule has 0 heterocycles. The molecule has 0 spiro atoms. The number of carbonyl (C=O) groups excluding carboxylic acids is 1. The van der Waals surface area contributed by atoms with Crippen LogP contribution >= 0.6 is 55.1 Å². The smallest absolute Gasteiger partial charge is 0.308 e. The van der Waals surface area contributed by atoms with Gasteiger partial charge in [-0.15, -0.1) is 0 Å². The minimum atomic E-state index is -0.367. The molecule has 0 unspecified atom stereocenters. The van der Waals surface area contributed by atoms with Crippen molar-refractivity contribution in [3.05, 3.63) is 55.4 Å². The van der Waals surface area contributed by atoms with Gasteiger partial charge in [-0.2, -0.15) is 0 Å². The maximum absolute atomic E-state index is 11.9. The van der Waals surface area contributed by atoms with Crippen LogP contribution in [0.15, 0.2) is 45.3 Å². The van der Waals surface area contributed by atoms with Gasteiger partial charge < -0.3 is 10.6 Å². The van der Waals surface area contributed by atoms with Gasteiger partial charge in [0, 0.05) is 20.3 Å². The van der Waals surface area contributed by atoms with Gasteiger partial charge in [-0.05, 0) is 36.4 Å². The van der Waals surface area contributed by atoms with Gasteiger partial charge in [-0.1, -0.05) is 55.1 Å². The standard InChI is InChI=1S/C13H8Br2Cl2N2O/c14-7-3-8(15)5-10(4-7)19-13(20)18-9-1-2-11(16)12(17)6-9/h1-6H,(H2,18,19,20). The highest BCUT2D eigenvalue weighted by Crippen LogP contribution is 2.26. The number of hydrogen-bond donors (Lipinski definition) is 2. The molecule has 20 heavy (non-hydrogen) atoms. The molecule has 7 heteroatoms. The lowest BCUT2D eigenvalue weighted by Gasteiger charge is -2.09. The molecule has 0 saturated heterocycles. The van der Waals surface area contributed by atoms with Gasteiger partial charge in [-0.25, -0.2) is 4.79 Å². The van der Waals surface area contributed by atoms with E-state index < -0.39 is 0 Å². The van der Waals surface area contributed by atoms with Crippen LogP contribution in [0.3, 0.4) is 0 Å². The number of hydrogen-bond acceptors (Lipinski definition) is 1. The summed E-state index contributed by atoms with van der Waals surface area (Å²) < 4.78 is 1.72. The summed E-state index contributed by atoms with van der Waals surface area (Å²) in [6.07, 6.45) is 0. The van der Waals surface area contributed by atoms with Crippen molar-refractivity contribution in [1.82, 2.24) is 0 Å². The third-order valence-electron chi connectivity index (χ3n) is 2.30. The van der Waals surface area contributed by atoms with E-state index in [2.05, 4.69) is 42.5 Å². The molecule has 2 aromatic carbocycles. The zero-order valence-electron chi connectivity index (χ0n) is 9.88. The third-order valence-corrected chi connectivity index (χ3v) is 3.95. The number of carbonyl (C=O) groups is 1. The van der Waals surface area contributed by atoms with Crippen LogP contribution in [0.5, 0.6) is 0 Å². The average molecular weight is 439 g/mol. The first kappa shape index (κ1) is 15.6. The number of amides is 2. The number of urea groups is 1. The summed E-state index contributed by atoms with van der Waals surface area (Å²) in [5.74, 6) is 0.